The molecule has 0 aliphatic rings. The van der Waals surface area contributed by atoms with Crippen molar-refractivity contribution < 1.29 is 27.2 Å². The zero-order chi connectivity index (χ0) is 23.1. The fourth-order valence-electron chi connectivity index (χ4n) is 2.90. The Labute approximate surface area is 190 Å². The van der Waals surface area contributed by atoms with E-state index < -0.39 is 26.9 Å². The van der Waals surface area contributed by atoms with Crippen LogP contribution in [0.15, 0.2) is 76.2 Å². The van der Waals surface area contributed by atoms with Gasteiger partial charge in [-0.25, -0.2) is 8.42 Å². The third-order valence-corrected chi connectivity index (χ3v) is 6.97. The summed E-state index contributed by atoms with van der Waals surface area (Å²) in [6.45, 7) is -0.228. The first kappa shape index (κ1) is 23.4. The van der Waals surface area contributed by atoms with Crippen molar-refractivity contribution in [3.05, 3.63) is 83.3 Å². The number of ether oxygens (including phenoxy) is 1. The van der Waals surface area contributed by atoms with E-state index in [4.69, 9.17) is 20.8 Å². The molecule has 1 aromatic heterocycles. The number of methoxy groups -OCH3 is 1. The van der Waals surface area contributed by atoms with Crippen molar-refractivity contribution in [1.82, 2.24) is 10.6 Å². The Morgan fingerprint density at radius 2 is 1.66 bits per heavy atom. The zero-order valence-electron chi connectivity index (χ0n) is 17.1. The van der Waals surface area contributed by atoms with Crippen LogP contribution >= 0.6 is 11.6 Å². The van der Waals surface area contributed by atoms with Gasteiger partial charge in [0.05, 0.1) is 18.3 Å². The molecule has 2 amide bonds. The van der Waals surface area contributed by atoms with Crippen LogP contribution in [-0.2, 0) is 26.0 Å². The fourth-order valence-corrected chi connectivity index (χ4v) is 4.61. The smallest absolute Gasteiger partial charge is 0.309 e. The Hall–Kier alpha value is -3.30. The summed E-state index contributed by atoms with van der Waals surface area (Å²) >= 11 is 5.85. The lowest BCUT2D eigenvalue weighted by atomic mass is 10.2. The highest BCUT2D eigenvalue weighted by molar-refractivity contribution is 7.91. The van der Waals surface area contributed by atoms with Crippen molar-refractivity contribution in [3.63, 3.8) is 0 Å². The molecule has 0 aliphatic carbocycles. The van der Waals surface area contributed by atoms with E-state index in [2.05, 4.69) is 10.6 Å². The number of benzene rings is 2. The Balaban J connectivity index is 1.66. The van der Waals surface area contributed by atoms with Gasteiger partial charge in [-0.3, -0.25) is 9.59 Å². The molecule has 0 bridgehead atoms. The molecule has 0 unspecified atom stereocenters. The molecule has 168 valence electrons. The highest BCUT2D eigenvalue weighted by Gasteiger charge is 2.32. The first-order valence-electron chi connectivity index (χ1n) is 9.53. The molecule has 8 nitrogen and oxygen atoms in total. The summed E-state index contributed by atoms with van der Waals surface area (Å²) in [7, 11) is -2.39. The van der Waals surface area contributed by atoms with Crippen LogP contribution in [-0.4, -0.2) is 33.9 Å². The topological polar surface area (TPSA) is 115 Å². The average molecular weight is 477 g/mol. The van der Waals surface area contributed by atoms with Gasteiger partial charge in [-0.15, -0.1) is 0 Å². The highest BCUT2D eigenvalue weighted by atomic mass is 35.5. The zero-order valence-corrected chi connectivity index (χ0v) is 18.7. The number of sulfone groups is 1. The van der Waals surface area contributed by atoms with Crippen molar-refractivity contribution in [2.24, 2.45) is 0 Å². The maximum atomic E-state index is 13.1. The van der Waals surface area contributed by atoms with Gasteiger partial charge in [0.1, 0.15) is 16.8 Å². The summed E-state index contributed by atoms with van der Waals surface area (Å²) in [5.74, 6) is -1.04. The largest absolute Gasteiger partial charge is 0.497 e. The molecule has 0 spiro atoms. The maximum Gasteiger partial charge on any atom is 0.309 e. The Bertz CT molecular complexity index is 1160. The second kappa shape index (κ2) is 10.3. The Kier molecular flexibility index (Phi) is 7.55. The summed E-state index contributed by atoms with van der Waals surface area (Å²) in [4.78, 5) is 24.4. The van der Waals surface area contributed by atoms with E-state index >= 15 is 0 Å². The number of halogens is 1. The standard InChI is InChI=1S/C22H21ClN2O6S/c1-30-17-8-4-15(5-9-17)13-24-21(26)22(27)25-14-20(19-3-2-12-31-19)32(28,29)18-10-6-16(23)7-11-18/h2-12,20H,13-14H2,1H3,(H,24,26)(H,25,27)/t20-/m0/s1. The summed E-state index contributed by atoms with van der Waals surface area (Å²) in [6, 6.07) is 15.7. The number of carbonyl (C=O) groups is 2. The normalized spacial score (nSPS) is 12.1. The van der Waals surface area contributed by atoms with E-state index in [0.29, 0.717) is 10.8 Å². The second-order valence-corrected chi connectivity index (χ2v) is 9.31. The summed E-state index contributed by atoms with van der Waals surface area (Å²) in [5, 5.41) is 4.03. The minimum Gasteiger partial charge on any atom is -0.497 e. The molecule has 0 fully saturated rings. The third kappa shape index (κ3) is 5.68. The molecule has 1 atom stereocenters. The minimum atomic E-state index is -3.93. The van der Waals surface area contributed by atoms with Crippen molar-refractivity contribution in [2.45, 2.75) is 16.7 Å². The number of nitrogens with one attached hydrogen (secondary N) is 2. The summed E-state index contributed by atoms with van der Waals surface area (Å²) < 4.78 is 36.6. The van der Waals surface area contributed by atoms with E-state index in [1.54, 1.807) is 37.4 Å². The lowest BCUT2D eigenvalue weighted by molar-refractivity contribution is -0.139. The van der Waals surface area contributed by atoms with E-state index in [9.17, 15) is 18.0 Å². The van der Waals surface area contributed by atoms with Gasteiger partial charge in [-0.1, -0.05) is 23.7 Å². The van der Waals surface area contributed by atoms with E-state index in [1.807, 2.05) is 0 Å². The molecule has 0 radical (unpaired) electrons. The molecule has 0 saturated carbocycles. The monoisotopic (exact) mass is 476 g/mol. The van der Waals surface area contributed by atoms with Crippen LogP contribution in [0, 0.1) is 0 Å². The van der Waals surface area contributed by atoms with Crippen LogP contribution in [0.4, 0.5) is 0 Å². The number of hydrogen-bond donors (Lipinski definition) is 2. The van der Waals surface area contributed by atoms with Crippen molar-refractivity contribution >= 4 is 33.3 Å². The van der Waals surface area contributed by atoms with Gasteiger partial charge < -0.3 is 19.8 Å². The molecule has 0 saturated heterocycles. The molecular weight excluding hydrogens is 456 g/mol. The second-order valence-electron chi connectivity index (χ2n) is 6.74. The first-order chi connectivity index (χ1) is 15.3. The molecular formula is C22H21ClN2O6S. The van der Waals surface area contributed by atoms with Crippen LogP contribution < -0.4 is 15.4 Å². The molecule has 3 rings (SSSR count). The molecule has 2 N–H and O–H groups in total. The number of furan rings is 1. The van der Waals surface area contributed by atoms with Gasteiger partial charge in [0.2, 0.25) is 0 Å². The lowest BCUT2D eigenvalue weighted by Gasteiger charge is -2.16. The van der Waals surface area contributed by atoms with Gasteiger partial charge in [0, 0.05) is 18.1 Å². The van der Waals surface area contributed by atoms with Gasteiger partial charge in [-0.2, -0.15) is 0 Å². The highest BCUT2D eigenvalue weighted by Crippen LogP contribution is 2.29. The SMILES string of the molecule is COc1ccc(CNC(=O)C(=O)NC[C@@H](c2ccco2)S(=O)(=O)c2ccc(Cl)cc2)cc1. The quantitative estimate of drug-likeness (QED) is 0.483. The van der Waals surface area contributed by atoms with Crippen LogP contribution in [0.1, 0.15) is 16.6 Å². The average Bonchev–Trinajstić information content (AvgIpc) is 3.32. The van der Waals surface area contributed by atoms with Crippen LogP contribution in [0.3, 0.4) is 0 Å². The number of carbonyl (C=O) groups excluding carboxylic acids is 2. The van der Waals surface area contributed by atoms with Crippen LogP contribution in [0.5, 0.6) is 5.75 Å². The number of hydrogen-bond acceptors (Lipinski definition) is 6. The van der Waals surface area contributed by atoms with E-state index in [-0.39, 0.29) is 23.7 Å². The summed E-state index contributed by atoms with van der Waals surface area (Å²) in [6.07, 6.45) is 1.34. The van der Waals surface area contributed by atoms with Gasteiger partial charge in [0.15, 0.2) is 9.84 Å². The van der Waals surface area contributed by atoms with Crippen molar-refractivity contribution in [3.8, 4) is 5.75 Å². The molecule has 10 heteroatoms. The summed E-state index contributed by atoms with van der Waals surface area (Å²) in [5.41, 5.74) is 0.769. The van der Waals surface area contributed by atoms with Crippen LogP contribution in [0.25, 0.3) is 0 Å². The van der Waals surface area contributed by atoms with Crippen molar-refractivity contribution in [2.75, 3.05) is 13.7 Å². The van der Waals surface area contributed by atoms with Gasteiger partial charge >= 0.3 is 11.8 Å². The van der Waals surface area contributed by atoms with Gasteiger partial charge in [-0.05, 0) is 54.1 Å². The molecule has 1 heterocycles. The third-order valence-electron chi connectivity index (χ3n) is 4.64. The molecule has 32 heavy (non-hydrogen) atoms. The van der Waals surface area contributed by atoms with Crippen molar-refractivity contribution in [1.29, 1.82) is 0 Å². The Morgan fingerprint density at radius 3 is 2.25 bits per heavy atom. The fraction of sp³-hybridized carbons (Fsp3) is 0.182. The predicted molar refractivity (Wildman–Crippen MR) is 118 cm³/mol. The molecule has 0 aliphatic heterocycles. The predicted octanol–water partition coefficient (Wildman–Crippen LogP) is 2.89. The van der Waals surface area contributed by atoms with E-state index in [1.165, 1.54) is 36.6 Å². The first-order valence-corrected chi connectivity index (χ1v) is 11.5. The minimum absolute atomic E-state index is 0.0153. The Morgan fingerprint density at radius 1 is 1.00 bits per heavy atom. The molecule has 3 aromatic rings. The number of rotatable bonds is 8. The van der Waals surface area contributed by atoms with E-state index in [0.717, 1.165) is 5.56 Å². The maximum absolute atomic E-state index is 13.1. The van der Waals surface area contributed by atoms with Gasteiger partial charge in [0.25, 0.3) is 0 Å². The lowest BCUT2D eigenvalue weighted by Crippen LogP contribution is -2.42. The molecule has 2 aromatic carbocycles. The number of amides is 2. The van der Waals surface area contributed by atoms with Crippen LogP contribution in [0.2, 0.25) is 5.02 Å².